The predicted molar refractivity (Wildman–Crippen MR) is 196 cm³/mol. The standard InChI is InChI=1S/C42H48N2O7/c1-48-37-25-33(26-38(49-2)40(37)50-3)39(45)42(47)44-28-35(51-29-32-19-11-6-12-20-32)27-36(44)41(46)43-34(23-13-21-30-15-7-4-8-16-30)24-14-22-31-17-9-5-10-18-31/h4-12,15-20,25-26,34-36H,13-14,21-24,27-29H2,1-3H3,(H,43,46)/t35-,36-/m0/s1. The van der Waals surface area contributed by atoms with Crippen molar-refractivity contribution in [2.24, 2.45) is 0 Å². The van der Waals surface area contributed by atoms with Gasteiger partial charge in [0.1, 0.15) is 6.04 Å². The van der Waals surface area contributed by atoms with E-state index < -0.39 is 23.8 Å². The average Bonchev–Trinajstić information content (AvgIpc) is 3.61. The van der Waals surface area contributed by atoms with Crippen LogP contribution in [0, 0.1) is 0 Å². The Balaban J connectivity index is 1.34. The van der Waals surface area contributed by atoms with Crippen molar-refractivity contribution in [1.29, 1.82) is 0 Å². The topological polar surface area (TPSA) is 103 Å². The molecule has 2 amide bonds. The summed E-state index contributed by atoms with van der Waals surface area (Å²) in [6.07, 6.45) is 5.01. The van der Waals surface area contributed by atoms with Gasteiger partial charge >= 0.3 is 0 Å². The molecular formula is C42H48N2O7. The van der Waals surface area contributed by atoms with Crippen LogP contribution in [0.2, 0.25) is 0 Å². The summed E-state index contributed by atoms with van der Waals surface area (Å²) in [7, 11) is 4.35. The van der Waals surface area contributed by atoms with Crippen LogP contribution >= 0.6 is 0 Å². The number of nitrogens with zero attached hydrogens (tertiary/aromatic N) is 1. The smallest absolute Gasteiger partial charge is 0.295 e. The molecule has 2 atom stereocenters. The highest BCUT2D eigenvalue weighted by Gasteiger charge is 2.43. The van der Waals surface area contributed by atoms with Crippen LogP contribution in [0.25, 0.3) is 0 Å². The van der Waals surface area contributed by atoms with E-state index in [4.69, 9.17) is 18.9 Å². The molecule has 0 aromatic heterocycles. The SMILES string of the molecule is COc1cc(C(=O)C(=O)N2C[C@@H](OCc3ccccc3)C[C@H]2C(=O)NC(CCCc2ccccc2)CCCc2ccccc2)cc(OC)c1OC. The number of amides is 2. The second kappa shape index (κ2) is 18.7. The van der Waals surface area contributed by atoms with Gasteiger partial charge in [-0.15, -0.1) is 0 Å². The minimum Gasteiger partial charge on any atom is -0.493 e. The minimum absolute atomic E-state index is 0.0713. The van der Waals surface area contributed by atoms with Crippen LogP contribution < -0.4 is 19.5 Å². The summed E-state index contributed by atoms with van der Waals surface area (Å²) in [6.45, 7) is 0.427. The maximum atomic E-state index is 14.2. The molecule has 4 aromatic rings. The molecule has 0 saturated carbocycles. The van der Waals surface area contributed by atoms with E-state index in [-0.39, 0.29) is 42.0 Å². The highest BCUT2D eigenvalue weighted by molar-refractivity contribution is 6.43. The fourth-order valence-electron chi connectivity index (χ4n) is 6.63. The third-order valence-corrected chi connectivity index (χ3v) is 9.34. The molecular weight excluding hydrogens is 644 g/mol. The first kappa shape index (κ1) is 37.1. The molecule has 1 heterocycles. The monoisotopic (exact) mass is 692 g/mol. The fourth-order valence-corrected chi connectivity index (χ4v) is 6.63. The number of carbonyl (C=O) groups excluding carboxylic acids is 3. The van der Waals surface area contributed by atoms with Gasteiger partial charge in [0.15, 0.2) is 11.5 Å². The normalized spacial score (nSPS) is 15.4. The Morgan fingerprint density at radius 1 is 0.725 bits per heavy atom. The van der Waals surface area contributed by atoms with Gasteiger partial charge in [0.05, 0.1) is 34.0 Å². The average molecular weight is 693 g/mol. The van der Waals surface area contributed by atoms with E-state index in [0.29, 0.717) is 12.4 Å². The van der Waals surface area contributed by atoms with Crippen molar-refractivity contribution in [2.45, 2.75) is 69.7 Å². The summed E-state index contributed by atoms with van der Waals surface area (Å²) in [6, 6.07) is 32.3. The largest absolute Gasteiger partial charge is 0.493 e. The number of ether oxygens (including phenoxy) is 4. The first-order chi connectivity index (χ1) is 24.9. The fraction of sp³-hybridized carbons (Fsp3) is 0.357. The number of Topliss-reactive ketones (excluding diaryl/α,β-unsaturated/α-hetero) is 1. The van der Waals surface area contributed by atoms with Gasteiger partial charge in [-0.3, -0.25) is 14.4 Å². The molecule has 5 rings (SSSR count). The number of rotatable bonds is 18. The van der Waals surface area contributed by atoms with Gasteiger partial charge in [-0.05, 0) is 67.3 Å². The summed E-state index contributed by atoms with van der Waals surface area (Å²) >= 11 is 0. The Morgan fingerprint density at radius 2 is 1.24 bits per heavy atom. The highest BCUT2D eigenvalue weighted by Crippen LogP contribution is 2.38. The maximum absolute atomic E-state index is 14.2. The Labute approximate surface area is 300 Å². The minimum atomic E-state index is -0.880. The zero-order valence-corrected chi connectivity index (χ0v) is 29.7. The van der Waals surface area contributed by atoms with Crippen LogP contribution in [0.1, 0.15) is 59.2 Å². The Morgan fingerprint density at radius 3 is 1.73 bits per heavy atom. The van der Waals surface area contributed by atoms with Gasteiger partial charge in [-0.1, -0.05) is 91.0 Å². The quantitative estimate of drug-likeness (QED) is 0.0925. The zero-order valence-electron chi connectivity index (χ0n) is 29.7. The molecule has 0 unspecified atom stereocenters. The van der Waals surface area contributed by atoms with E-state index in [1.807, 2.05) is 66.7 Å². The molecule has 51 heavy (non-hydrogen) atoms. The first-order valence-corrected chi connectivity index (χ1v) is 17.6. The maximum Gasteiger partial charge on any atom is 0.295 e. The van der Waals surface area contributed by atoms with Crippen molar-refractivity contribution >= 4 is 17.6 Å². The van der Waals surface area contributed by atoms with E-state index in [2.05, 4.69) is 29.6 Å². The Hall–Kier alpha value is -5.15. The number of aryl methyl sites for hydroxylation is 2. The van der Waals surface area contributed by atoms with Crippen molar-refractivity contribution in [3.8, 4) is 17.2 Å². The molecule has 9 heteroatoms. The van der Waals surface area contributed by atoms with E-state index in [1.54, 1.807) is 0 Å². The van der Waals surface area contributed by atoms with E-state index in [0.717, 1.165) is 44.1 Å². The molecule has 1 aliphatic heterocycles. The summed E-state index contributed by atoms with van der Waals surface area (Å²) in [5.74, 6) is -1.04. The molecule has 1 N–H and O–H groups in total. The lowest BCUT2D eigenvalue weighted by molar-refractivity contribution is -0.135. The number of carbonyl (C=O) groups is 3. The molecule has 1 aliphatic rings. The van der Waals surface area contributed by atoms with E-state index in [1.165, 1.54) is 49.5 Å². The number of nitrogens with one attached hydrogen (secondary N) is 1. The van der Waals surface area contributed by atoms with Gasteiger partial charge in [0.2, 0.25) is 11.7 Å². The summed E-state index contributed by atoms with van der Waals surface area (Å²) < 4.78 is 22.5. The zero-order chi connectivity index (χ0) is 36.0. The highest BCUT2D eigenvalue weighted by atomic mass is 16.5. The van der Waals surface area contributed by atoms with Crippen LogP contribution in [0.5, 0.6) is 17.2 Å². The molecule has 268 valence electrons. The van der Waals surface area contributed by atoms with Gasteiger partial charge in [-0.2, -0.15) is 0 Å². The van der Waals surface area contributed by atoms with Crippen LogP contribution in [0.4, 0.5) is 0 Å². The lowest BCUT2D eigenvalue weighted by Crippen LogP contribution is -2.50. The number of benzene rings is 4. The van der Waals surface area contributed by atoms with Crippen LogP contribution in [0.3, 0.4) is 0 Å². The van der Waals surface area contributed by atoms with Gasteiger partial charge in [0.25, 0.3) is 11.7 Å². The predicted octanol–water partition coefficient (Wildman–Crippen LogP) is 6.61. The van der Waals surface area contributed by atoms with Crippen LogP contribution in [-0.2, 0) is 33.8 Å². The third kappa shape index (κ3) is 10.2. The van der Waals surface area contributed by atoms with Crippen molar-refractivity contribution < 1.29 is 33.3 Å². The molecule has 1 saturated heterocycles. The van der Waals surface area contributed by atoms with Gasteiger partial charge < -0.3 is 29.2 Å². The number of ketones is 1. The Kier molecular flexibility index (Phi) is 13.6. The third-order valence-electron chi connectivity index (χ3n) is 9.34. The number of methoxy groups -OCH3 is 3. The van der Waals surface area contributed by atoms with Crippen molar-refractivity contribution in [3.63, 3.8) is 0 Å². The van der Waals surface area contributed by atoms with Crippen LogP contribution in [0.15, 0.2) is 103 Å². The lowest BCUT2D eigenvalue weighted by Gasteiger charge is -2.26. The van der Waals surface area contributed by atoms with E-state index >= 15 is 0 Å². The molecule has 0 radical (unpaired) electrons. The second-order valence-electron chi connectivity index (χ2n) is 12.8. The lowest BCUT2D eigenvalue weighted by atomic mass is 9.98. The van der Waals surface area contributed by atoms with E-state index in [9.17, 15) is 14.4 Å². The first-order valence-electron chi connectivity index (χ1n) is 17.6. The number of hydrogen-bond donors (Lipinski definition) is 1. The Bertz CT molecular complexity index is 1640. The molecule has 0 bridgehead atoms. The van der Waals surface area contributed by atoms with Crippen molar-refractivity contribution in [2.75, 3.05) is 27.9 Å². The molecule has 4 aromatic carbocycles. The summed E-state index contributed by atoms with van der Waals surface area (Å²) in [4.78, 5) is 43.3. The van der Waals surface area contributed by atoms with Gasteiger partial charge in [0, 0.05) is 24.6 Å². The molecule has 9 nitrogen and oxygen atoms in total. The molecule has 0 spiro atoms. The van der Waals surface area contributed by atoms with Crippen molar-refractivity contribution in [3.05, 3.63) is 125 Å². The second-order valence-corrected chi connectivity index (χ2v) is 12.8. The molecule has 0 aliphatic carbocycles. The molecule has 1 fully saturated rings. The summed E-state index contributed by atoms with van der Waals surface area (Å²) in [5, 5.41) is 3.28. The number of likely N-dealkylation sites (tertiary alicyclic amines) is 1. The summed E-state index contributed by atoms with van der Waals surface area (Å²) in [5.41, 5.74) is 3.56. The number of hydrogen-bond acceptors (Lipinski definition) is 7. The van der Waals surface area contributed by atoms with Gasteiger partial charge in [-0.25, -0.2) is 0 Å². The van der Waals surface area contributed by atoms with Crippen LogP contribution in [-0.4, -0.2) is 68.6 Å². The van der Waals surface area contributed by atoms with Crippen molar-refractivity contribution in [1.82, 2.24) is 10.2 Å².